The number of hydrogen-bond acceptors (Lipinski definition) is 4. The molecule has 0 bridgehead atoms. The number of nitrogens with two attached hydrogens (primary N) is 1. The second-order valence-corrected chi connectivity index (χ2v) is 4.75. The Kier molecular flexibility index (Phi) is 4.53. The highest BCUT2D eigenvalue weighted by Crippen LogP contribution is 2.19. The van der Waals surface area contributed by atoms with Gasteiger partial charge in [-0.2, -0.15) is 0 Å². The minimum Gasteiger partial charge on any atom is -0.324 e. The first-order valence-corrected chi connectivity index (χ1v) is 6.55. The molecular formula is C13H15N3S. The van der Waals surface area contributed by atoms with E-state index >= 15 is 0 Å². The molecule has 0 unspecified atom stereocenters. The van der Waals surface area contributed by atoms with Gasteiger partial charge in [0.25, 0.3) is 0 Å². The molecule has 0 amide bonds. The molecule has 17 heavy (non-hydrogen) atoms. The molecule has 0 aliphatic rings. The molecule has 3 nitrogen and oxygen atoms in total. The standard InChI is InChI=1S/C13H15N3S/c14-12(11-5-2-1-3-6-11)7-10-17-13-15-8-4-9-16-13/h1-6,8-9,12H,7,10,14H2/t12-/m1/s1. The summed E-state index contributed by atoms with van der Waals surface area (Å²) in [5.74, 6) is 0.931. The van der Waals surface area contributed by atoms with Crippen LogP contribution in [0.15, 0.2) is 53.9 Å². The van der Waals surface area contributed by atoms with Crippen molar-refractivity contribution in [3.8, 4) is 0 Å². The summed E-state index contributed by atoms with van der Waals surface area (Å²) in [6.45, 7) is 0. The molecule has 4 heteroatoms. The number of thioether (sulfide) groups is 1. The third-order valence-corrected chi connectivity index (χ3v) is 3.34. The maximum absolute atomic E-state index is 6.10. The summed E-state index contributed by atoms with van der Waals surface area (Å²) in [6, 6.07) is 12.1. The van der Waals surface area contributed by atoms with E-state index in [0.29, 0.717) is 0 Å². The van der Waals surface area contributed by atoms with E-state index in [1.807, 2.05) is 24.3 Å². The average Bonchev–Trinajstić information content (AvgIpc) is 2.41. The number of aromatic nitrogens is 2. The molecule has 2 aromatic rings. The zero-order chi connectivity index (χ0) is 11.9. The summed E-state index contributed by atoms with van der Waals surface area (Å²) in [4.78, 5) is 8.32. The van der Waals surface area contributed by atoms with Gasteiger partial charge in [-0.3, -0.25) is 0 Å². The summed E-state index contributed by atoms with van der Waals surface area (Å²) >= 11 is 1.64. The van der Waals surface area contributed by atoms with E-state index < -0.39 is 0 Å². The van der Waals surface area contributed by atoms with Crippen molar-refractivity contribution in [1.82, 2.24) is 9.97 Å². The number of nitrogens with zero attached hydrogens (tertiary/aromatic N) is 2. The second-order valence-electron chi connectivity index (χ2n) is 3.69. The van der Waals surface area contributed by atoms with Crippen molar-refractivity contribution in [2.45, 2.75) is 17.6 Å². The Morgan fingerprint density at radius 3 is 2.47 bits per heavy atom. The van der Waals surface area contributed by atoms with E-state index in [2.05, 4.69) is 22.1 Å². The Hall–Kier alpha value is -1.39. The molecule has 0 aliphatic heterocycles. The summed E-state index contributed by atoms with van der Waals surface area (Å²) < 4.78 is 0. The molecular weight excluding hydrogens is 230 g/mol. The van der Waals surface area contributed by atoms with E-state index in [9.17, 15) is 0 Å². The van der Waals surface area contributed by atoms with Crippen molar-refractivity contribution in [2.75, 3.05) is 5.75 Å². The fraction of sp³-hybridized carbons (Fsp3) is 0.231. The minimum absolute atomic E-state index is 0.0902. The molecule has 1 heterocycles. The van der Waals surface area contributed by atoms with Crippen LogP contribution in [0.1, 0.15) is 18.0 Å². The zero-order valence-corrected chi connectivity index (χ0v) is 10.3. The van der Waals surface area contributed by atoms with Gasteiger partial charge in [-0.15, -0.1) is 0 Å². The molecule has 0 aliphatic carbocycles. The highest BCUT2D eigenvalue weighted by molar-refractivity contribution is 7.99. The van der Waals surface area contributed by atoms with Gasteiger partial charge in [0.2, 0.25) is 0 Å². The Balaban J connectivity index is 1.79. The van der Waals surface area contributed by atoms with Gasteiger partial charge in [-0.25, -0.2) is 9.97 Å². The smallest absolute Gasteiger partial charge is 0.187 e. The zero-order valence-electron chi connectivity index (χ0n) is 9.49. The topological polar surface area (TPSA) is 51.8 Å². The summed E-state index contributed by atoms with van der Waals surface area (Å²) in [6.07, 6.45) is 4.44. The van der Waals surface area contributed by atoms with Gasteiger partial charge < -0.3 is 5.73 Å². The number of benzene rings is 1. The van der Waals surface area contributed by atoms with Crippen LogP contribution in [0.3, 0.4) is 0 Å². The SMILES string of the molecule is N[C@H](CCSc1ncccn1)c1ccccc1. The van der Waals surface area contributed by atoms with Gasteiger partial charge in [0.1, 0.15) is 0 Å². The third-order valence-electron chi connectivity index (χ3n) is 2.43. The quantitative estimate of drug-likeness (QED) is 0.650. The van der Waals surface area contributed by atoms with Crippen LogP contribution >= 0.6 is 11.8 Å². The van der Waals surface area contributed by atoms with Crippen LogP contribution in [0.2, 0.25) is 0 Å². The molecule has 88 valence electrons. The van der Waals surface area contributed by atoms with Crippen LogP contribution in [0, 0.1) is 0 Å². The van der Waals surface area contributed by atoms with Crippen molar-refractivity contribution in [3.63, 3.8) is 0 Å². The van der Waals surface area contributed by atoms with Crippen LogP contribution in [0.25, 0.3) is 0 Å². The van der Waals surface area contributed by atoms with Gasteiger partial charge in [-0.1, -0.05) is 42.1 Å². The Morgan fingerprint density at radius 2 is 1.76 bits per heavy atom. The first-order valence-electron chi connectivity index (χ1n) is 5.56. The van der Waals surface area contributed by atoms with Crippen molar-refractivity contribution >= 4 is 11.8 Å². The second kappa shape index (κ2) is 6.37. The van der Waals surface area contributed by atoms with Crippen molar-refractivity contribution < 1.29 is 0 Å². The highest BCUT2D eigenvalue weighted by Gasteiger charge is 2.05. The lowest BCUT2D eigenvalue weighted by Gasteiger charge is -2.10. The summed E-state index contributed by atoms with van der Waals surface area (Å²) in [5.41, 5.74) is 7.29. The third kappa shape index (κ3) is 3.84. The van der Waals surface area contributed by atoms with Gasteiger partial charge in [0.15, 0.2) is 5.16 Å². The van der Waals surface area contributed by atoms with E-state index in [-0.39, 0.29) is 6.04 Å². The van der Waals surface area contributed by atoms with Crippen LogP contribution in [-0.2, 0) is 0 Å². The monoisotopic (exact) mass is 245 g/mol. The molecule has 0 radical (unpaired) electrons. The maximum Gasteiger partial charge on any atom is 0.187 e. The average molecular weight is 245 g/mol. The lowest BCUT2D eigenvalue weighted by Crippen LogP contribution is -2.10. The Morgan fingerprint density at radius 1 is 1.06 bits per heavy atom. The molecule has 0 spiro atoms. The van der Waals surface area contributed by atoms with Crippen molar-refractivity contribution in [1.29, 1.82) is 0 Å². The van der Waals surface area contributed by atoms with Crippen LogP contribution in [0.4, 0.5) is 0 Å². The highest BCUT2D eigenvalue weighted by atomic mass is 32.2. The predicted octanol–water partition coefficient (Wildman–Crippen LogP) is 2.66. The van der Waals surface area contributed by atoms with Gasteiger partial charge >= 0.3 is 0 Å². The minimum atomic E-state index is 0.0902. The van der Waals surface area contributed by atoms with E-state index in [4.69, 9.17) is 5.73 Å². The van der Waals surface area contributed by atoms with Gasteiger partial charge in [0.05, 0.1) is 0 Å². The Labute approximate surface area is 105 Å². The normalized spacial score (nSPS) is 12.3. The molecule has 0 saturated carbocycles. The van der Waals surface area contributed by atoms with Gasteiger partial charge in [-0.05, 0) is 18.1 Å². The Bertz CT molecular complexity index is 433. The lowest BCUT2D eigenvalue weighted by molar-refractivity contribution is 0.704. The molecule has 0 saturated heterocycles. The van der Waals surface area contributed by atoms with Crippen LogP contribution in [0.5, 0.6) is 0 Å². The molecule has 1 aromatic carbocycles. The fourth-order valence-electron chi connectivity index (χ4n) is 1.50. The van der Waals surface area contributed by atoms with Crippen LogP contribution < -0.4 is 5.73 Å². The van der Waals surface area contributed by atoms with Crippen LogP contribution in [-0.4, -0.2) is 15.7 Å². The molecule has 0 fully saturated rings. The fourth-order valence-corrected chi connectivity index (χ4v) is 2.33. The summed E-state index contributed by atoms with van der Waals surface area (Å²) in [7, 11) is 0. The maximum atomic E-state index is 6.10. The largest absolute Gasteiger partial charge is 0.324 e. The number of hydrogen-bond donors (Lipinski definition) is 1. The van der Waals surface area contributed by atoms with E-state index in [0.717, 1.165) is 17.3 Å². The van der Waals surface area contributed by atoms with E-state index in [1.165, 1.54) is 5.56 Å². The molecule has 1 atom stereocenters. The molecule has 2 N–H and O–H groups in total. The predicted molar refractivity (Wildman–Crippen MR) is 70.7 cm³/mol. The molecule has 1 aromatic heterocycles. The first kappa shape index (κ1) is 12.1. The lowest BCUT2D eigenvalue weighted by atomic mass is 10.1. The number of rotatable bonds is 5. The molecule has 2 rings (SSSR count). The van der Waals surface area contributed by atoms with E-state index in [1.54, 1.807) is 24.2 Å². The first-order chi connectivity index (χ1) is 8.36. The van der Waals surface area contributed by atoms with Crippen molar-refractivity contribution in [2.24, 2.45) is 5.73 Å². The van der Waals surface area contributed by atoms with Crippen molar-refractivity contribution in [3.05, 3.63) is 54.4 Å². The summed E-state index contributed by atoms with van der Waals surface area (Å²) in [5, 5.41) is 0.813. The van der Waals surface area contributed by atoms with Gasteiger partial charge in [0, 0.05) is 24.2 Å².